The molecule has 1 aromatic heterocycles. The van der Waals surface area contributed by atoms with Crippen LogP contribution in [0.4, 0.5) is 0 Å². The normalized spacial score (nSPS) is 9.78. The second-order valence-corrected chi connectivity index (χ2v) is 5.98. The molecule has 0 aliphatic carbocycles. The first-order valence-electron chi connectivity index (χ1n) is 5.47. The fourth-order valence-corrected chi connectivity index (χ4v) is 4.18. The Bertz CT molecular complexity index is 549. The van der Waals surface area contributed by atoms with E-state index in [1.54, 1.807) is 0 Å². The molecule has 0 aliphatic heterocycles. The lowest BCUT2D eigenvalue weighted by atomic mass is 10.1. The van der Waals surface area contributed by atoms with Gasteiger partial charge in [0.05, 0.1) is 4.88 Å². The highest BCUT2D eigenvalue weighted by Crippen LogP contribution is 2.36. The van der Waals surface area contributed by atoms with Gasteiger partial charge in [0.15, 0.2) is 10.3 Å². The van der Waals surface area contributed by atoms with Gasteiger partial charge < -0.3 is 12.4 Å². The van der Waals surface area contributed by atoms with E-state index in [1.165, 1.54) is 20.9 Å². The van der Waals surface area contributed by atoms with Crippen LogP contribution >= 0.6 is 20.7 Å². The van der Waals surface area contributed by atoms with E-state index in [0.29, 0.717) is 0 Å². The molecule has 18 heavy (non-hydrogen) atoms. The summed E-state index contributed by atoms with van der Waals surface area (Å²) >= 11 is 0. The fourth-order valence-electron chi connectivity index (χ4n) is 1.72. The van der Waals surface area contributed by atoms with Crippen LogP contribution in [0.3, 0.4) is 0 Å². The van der Waals surface area contributed by atoms with Crippen LogP contribution in [0.15, 0.2) is 66.7 Å². The highest BCUT2D eigenvalue weighted by atomic mass is 35.5. The van der Waals surface area contributed by atoms with Gasteiger partial charge in [0.25, 0.3) is 4.88 Å². The summed E-state index contributed by atoms with van der Waals surface area (Å²) in [6.07, 6.45) is 0. The number of hydrogen-bond acceptors (Lipinski definition) is 1. The van der Waals surface area contributed by atoms with E-state index >= 15 is 0 Å². The van der Waals surface area contributed by atoms with Crippen molar-refractivity contribution in [3.8, 4) is 20.9 Å². The summed E-state index contributed by atoms with van der Waals surface area (Å²) in [5.74, 6) is 0. The van der Waals surface area contributed by atoms with E-state index in [-0.39, 0.29) is 12.4 Å². The molecule has 0 N–H and O–H groups in total. The Hall–Kier alpha value is -1.22. The van der Waals surface area contributed by atoms with Crippen LogP contribution in [-0.2, 0) is 0 Å². The fraction of sp³-hybridized carbons (Fsp3) is 0. The summed E-state index contributed by atoms with van der Waals surface area (Å²) in [7, 11) is 3.68. The maximum atomic E-state index is 2.28. The molecule has 3 aromatic rings. The van der Waals surface area contributed by atoms with Crippen molar-refractivity contribution in [3.63, 3.8) is 0 Å². The molecule has 3 rings (SSSR count). The van der Waals surface area contributed by atoms with Crippen LogP contribution in [0.1, 0.15) is 0 Å². The monoisotopic (exact) mass is 290 g/mol. The predicted molar refractivity (Wildman–Crippen MR) is 77.5 cm³/mol. The third-order valence-corrected chi connectivity index (χ3v) is 5.08. The molecule has 0 radical (unpaired) electrons. The third-order valence-electron chi connectivity index (χ3n) is 2.60. The van der Waals surface area contributed by atoms with Crippen molar-refractivity contribution in [1.29, 1.82) is 0 Å². The van der Waals surface area contributed by atoms with Crippen molar-refractivity contribution < 1.29 is 12.4 Å². The first kappa shape index (κ1) is 13.2. The molecule has 1 heterocycles. The molecule has 0 amide bonds. The van der Waals surface area contributed by atoms with Gasteiger partial charge in [-0.05, 0) is 17.7 Å². The molecule has 0 nitrogen and oxygen atoms in total. The lowest BCUT2D eigenvalue weighted by Gasteiger charge is -1.91. The maximum Gasteiger partial charge on any atom is 0.301 e. The molecular weight excluding hydrogens is 280 g/mol. The summed E-state index contributed by atoms with van der Waals surface area (Å²) < 4.78 is 0. The van der Waals surface area contributed by atoms with E-state index < -0.39 is 0 Å². The lowest BCUT2D eigenvalue weighted by Crippen LogP contribution is -3.00. The van der Waals surface area contributed by atoms with Gasteiger partial charge in [0, 0.05) is 11.6 Å². The van der Waals surface area contributed by atoms with Crippen LogP contribution < -0.4 is 12.4 Å². The molecule has 0 spiro atoms. The summed E-state index contributed by atoms with van der Waals surface area (Å²) in [5, 5.41) is 0. The SMILES string of the molecule is [Cl-].c1ccc(-c2cc(-c3ccccc3)[s+]s2)cc1. The Balaban J connectivity index is 0.00000120. The van der Waals surface area contributed by atoms with Crippen LogP contribution in [0, 0.1) is 0 Å². The van der Waals surface area contributed by atoms with E-state index in [2.05, 4.69) is 66.7 Å². The van der Waals surface area contributed by atoms with Crippen molar-refractivity contribution in [1.82, 2.24) is 0 Å². The second-order valence-electron chi connectivity index (χ2n) is 3.77. The molecular formula is C15H11ClS2. The summed E-state index contributed by atoms with van der Waals surface area (Å²) in [5.41, 5.74) is 2.60. The van der Waals surface area contributed by atoms with E-state index in [4.69, 9.17) is 0 Å². The van der Waals surface area contributed by atoms with E-state index in [0.717, 1.165) is 0 Å². The van der Waals surface area contributed by atoms with Crippen LogP contribution in [0.25, 0.3) is 20.9 Å². The minimum absolute atomic E-state index is 0. The molecule has 0 saturated heterocycles. The van der Waals surface area contributed by atoms with Crippen molar-refractivity contribution >= 4 is 20.7 Å². The largest absolute Gasteiger partial charge is 1.00 e. The smallest absolute Gasteiger partial charge is 0.301 e. The number of hydrogen-bond donors (Lipinski definition) is 0. The Kier molecular flexibility index (Phi) is 4.48. The van der Waals surface area contributed by atoms with Crippen LogP contribution in [-0.4, -0.2) is 0 Å². The number of halogens is 1. The zero-order valence-corrected chi connectivity index (χ0v) is 11.9. The zero-order chi connectivity index (χ0) is 11.5. The average molecular weight is 291 g/mol. The molecule has 3 heteroatoms. The van der Waals surface area contributed by atoms with Crippen molar-refractivity contribution in [3.05, 3.63) is 66.7 Å². The number of benzene rings is 2. The zero-order valence-electron chi connectivity index (χ0n) is 9.55. The van der Waals surface area contributed by atoms with E-state index in [9.17, 15) is 0 Å². The highest BCUT2D eigenvalue weighted by Gasteiger charge is 2.16. The Morgan fingerprint density at radius 3 is 1.89 bits per heavy atom. The quantitative estimate of drug-likeness (QED) is 0.502. The topological polar surface area (TPSA) is 0 Å². The molecule has 0 bridgehead atoms. The Labute approximate surface area is 120 Å². The van der Waals surface area contributed by atoms with Gasteiger partial charge in [-0.15, -0.1) is 0 Å². The van der Waals surface area contributed by atoms with Crippen molar-refractivity contribution in [2.75, 3.05) is 0 Å². The molecule has 0 fully saturated rings. The summed E-state index contributed by atoms with van der Waals surface area (Å²) in [4.78, 5) is 2.68. The van der Waals surface area contributed by atoms with Crippen LogP contribution in [0.2, 0.25) is 0 Å². The minimum Gasteiger partial charge on any atom is -1.00 e. The van der Waals surface area contributed by atoms with Gasteiger partial charge >= 0.3 is 10.3 Å². The second kappa shape index (κ2) is 6.10. The average Bonchev–Trinajstić information content (AvgIpc) is 2.90. The van der Waals surface area contributed by atoms with Crippen LogP contribution in [0.5, 0.6) is 0 Å². The molecule has 0 atom stereocenters. The Morgan fingerprint density at radius 2 is 1.28 bits per heavy atom. The van der Waals surface area contributed by atoms with E-state index in [1.807, 2.05) is 20.7 Å². The van der Waals surface area contributed by atoms with Gasteiger partial charge in [0.2, 0.25) is 0 Å². The van der Waals surface area contributed by atoms with Gasteiger partial charge in [0.1, 0.15) is 0 Å². The van der Waals surface area contributed by atoms with Crippen molar-refractivity contribution in [2.24, 2.45) is 0 Å². The molecule has 90 valence electrons. The summed E-state index contributed by atoms with van der Waals surface area (Å²) in [6.45, 7) is 0. The highest BCUT2D eigenvalue weighted by molar-refractivity contribution is 7.72. The molecule has 0 aliphatic rings. The molecule has 0 saturated carbocycles. The van der Waals surface area contributed by atoms with Gasteiger partial charge in [-0.3, -0.25) is 0 Å². The minimum atomic E-state index is 0. The van der Waals surface area contributed by atoms with Gasteiger partial charge in [-0.2, -0.15) is 0 Å². The first-order chi connectivity index (χ1) is 8.43. The lowest BCUT2D eigenvalue weighted by molar-refractivity contribution is -0.00000307. The summed E-state index contributed by atoms with van der Waals surface area (Å²) in [6, 6.07) is 23.4. The third kappa shape index (κ3) is 2.78. The standard InChI is InChI=1S/C15H11S2.ClH/c1-3-7-12(8-4-1)14-11-15(17-16-14)13-9-5-2-6-10-13;/h1-11H;1H/q+1;/p-1. The first-order valence-corrected chi connectivity index (χ1v) is 7.62. The van der Waals surface area contributed by atoms with Crippen molar-refractivity contribution in [2.45, 2.75) is 0 Å². The Morgan fingerprint density at radius 1 is 0.722 bits per heavy atom. The number of rotatable bonds is 2. The molecule has 2 aromatic carbocycles. The maximum absolute atomic E-state index is 2.28. The van der Waals surface area contributed by atoms with Gasteiger partial charge in [-0.1, -0.05) is 48.5 Å². The van der Waals surface area contributed by atoms with Gasteiger partial charge in [-0.25, -0.2) is 0 Å². The molecule has 0 unspecified atom stereocenters. The predicted octanol–water partition coefficient (Wildman–Crippen LogP) is 2.43.